The Labute approximate surface area is 195 Å². The molecule has 7 nitrogen and oxygen atoms in total. The number of thioether (sulfide) groups is 1. The number of aryl methyl sites for hydroxylation is 1. The Bertz CT molecular complexity index is 1350. The van der Waals surface area contributed by atoms with E-state index < -0.39 is 0 Å². The van der Waals surface area contributed by atoms with E-state index in [9.17, 15) is 0 Å². The summed E-state index contributed by atoms with van der Waals surface area (Å²) in [6.07, 6.45) is 0. The molecule has 0 atom stereocenters. The highest BCUT2D eigenvalue weighted by Crippen LogP contribution is 2.30. The van der Waals surface area contributed by atoms with Crippen LogP contribution < -0.4 is 4.74 Å². The number of hydrogen-bond donors (Lipinski definition) is 0. The number of benzene rings is 3. The van der Waals surface area contributed by atoms with E-state index in [1.54, 1.807) is 7.11 Å². The third-order valence-electron chi connectivity index (χ3n) is 5.10. The van der Waals surface area contributed by atoms with E-state index in [4.69, 9.17) is 9.26 Å². The van der Waals surface area contributed by atoms with Crippen LogP contribution in [0.15, 0.2) is 88.5 Å². The Kier molecular flexibility index (Phi) is 5.91. The van der Waals surface area contributed by atoms with E-state index in [1.807, 2.05) is 90.4 Å². The molecular formula is C25H21N5O2S. The first-order chi connectivity index (χ1) is 16.2. The minimum absolute atomic E-state index is 0.474. The van der Waals surface area contributed by atoms with Crippen LogP contribution in [0.2, 0.25) is 0 Å². The van der Waals surface area contributed by atoms with Gasteiger partial charge in [0.25, 0.3) is 0 Å². The van der Waals surface area contributed by atoms with Crippen molar-refractivity contribution >= 4 is 11.8 Å². The van der Waals surface area contributed by atoms with Crippen molar-refractivity contribution in [3.63, 3.8) is 0 Å². The average Bonchev–Trinajstić information content (AvgIpc) is 3.51. The fourth-order valence-electron chi connectivity index (χ4n) is 3.36. The molecule has 0 bridgehead atoms. The number of aromatic nitrogens is 5. The van der Waals surface area contributed by atoms with E-state index in [0.29, 0.717) is 17.5 Å². The molecule has 0 spiro atoms. The molecule has 8 heteroatoms. The maximum atomic E-state index is 5.48. The van der Waals surface area contributed by atoms with Gasteiger partial charge in [-0.15, -0.1) is 10.2 Å². The van der Waals surface area contributed by atoms with Crippen molar-refractivity contribution < 1.29 is 9.26 Å². The van der Waals surface area contributed by atoms with Gasteiger partial charge in [-0.05, 0) is 31.2 Å². The summed E-state index contributed by atoms with van der Waals surface area (Å²) in [5, 5.41) is 13.8. The van der Waals surface area contributed by atoms with Crippen LogP contribution in [-0.4, -0.2) is 32.0 Å². The van der Waals surface area contributed by atoms with Crippen molar-refractivity contribution in [2.24, 2.45) is 0 Å². The van der Waals surface area contributed by atoms with Gasteiger partial charge in [0.2, 0.25) is 11.7 Å². The third kappa shape index (κ3) is 4.51. The maximum absolute atomic E-state index is 5.48. The van der Waals surface area contributed by atoms with Crippen LogP contribution in [0.3, 0.4) is 0 Å². The van der Waals surface area contributed by atoms with Crippen molar-refractivity contribution in [1.82, 2.24) is 24.9 Å². The lowest BCUT2D eigenvalue weighted by molar-refractivity contribution is 0.391. The number of nitrogens with zero attached hydrogens (tertiary/aromatic N) is 5. The van der Waals surface area contributed by atoms with Crippen molar-refractivity contribution in [2.75, 3.05) is 7.11 Å². The Morgan fingerprint density at radius 1 is 0.879 bits per heavy atom. The molecule has 0 fully saturated rings. The summed E-state index contributed by atoms with van der Waals surface area (Å²) in [4.78, 5) is 4.54. The fraction of sp³-hybridized carbons (Fsp3) is 0.120. The average molecular weight is 456 g/mol. The second kappa shape index (κ2) is 9.30. The summed E-state index contributed by atoms with van der Waals surface area (Å²) >= 11 is 1.49. The molecule has 0 N–H and O–H groups in total. The van der Waals surface area contributed by atoms with E-state index in [-0.39, 0.29) is 0 Å². The molecule has 0 aliphatic carbocycles. The van der Waals surface area contributed by atoms with E-state index in [0.717, 1.165) is 33.5 Å². The molecule has 5 aromatic rings. The number of methoxy groups -OCH3 is 1. The topological polar surface area (TPSA) is 78.9 Å². The SMILES string of the molecule is COc1ccc(-n2c(SCc3nc(-c4ccc(C)cc4)no3)nnc2-c2ccccc2)cc1. The summed E-state index contributed by atoms with van der Waals surface area (Å²) in [6, 6.07) is 25.8. The predicted molar refractivity (Wildman–Crippen MR) is 127 cm³/mol. The van der Waals surface area contributed by atoms with Gasteiger partial charge in [-0.3, -0.25) is 4.57 Å². The molecule has 0 radical (unpaired) electrons. The first kappa shape index (κ1) is 21.0. The monoisotopic (exact) mass is 455 g/mol. The zero-order valence-corrected chi connectivity index (χ0v) is 19.0. The fourth-order valence-corrected chi connectivity index (χ4v) is 4.15. The normalized spacial score (nSPS) is 11.0. The molecule has 33 heavy (non-hydrogen) atoms. The lowest BCUT2D eigenvalue weighted by atomic mass is 10.1. The molecule has 2 heterocycles. The van der Waals surface area contributed by atoms with Crippen molar-refractivity contribution in [1.29, 1.82) is 0 Å². The standard InChI is InChI=1S/C25H21N5O2S/c1-17-8-10-18(11-9-17)23-26-22(32-29-23)16-33-25-28-27-24(19-6-4-3-5-7-19)30(25)20-12-14-21(31-2)15-13-20/h3-15H,16H2,1-2H3. The van der Waals surface area contributed by atoms with Gasteiger partial charge in [0.1, 0.15) is 5.75 Å². The van der Waals surface area contributed by atoms with Crippen LogP contribution in [0, 0.1) is 6.92 Å². The quantitative estimate of drug-likeness (QED) is 0.296. The second-order valence-corrected chi connectivity index (χ2v) is 8.31. The van der Waals surface area contributed by atoms with Gasteiger partial charge in [0.05, 0.1) is 12.9 Å². The van der Waals surface area contributed by atoms with Crippen LogP contribution in [0.25, 0.3) is 28.5 Å². The van der Waals surface area contributed by atoms with Gasteiger partial charge < -0.3 is 9.26 Å². The maximum Gasteiger partial charge on any atom is 0.237 e. The first-order valence-electron chi connectivity index (χ1n) is 10.4. The van der Waals surface area contributed by atoms with Crippen LogP contribution in [-0.2, 0) is 5.75 Å². The number of rotatable bonds is 7. The molecule has 0 aliphatic rings. The Hall–Kier alpha value is -3.91. The summed E-state index contributed by atoms with van der Waals surface area (Å²) in [5.41, 5.74) is 4.03. The van der Waals surface area contributed by atoms with Crippen molar-refractivity contribution in [3.05, 3.63) is 90.3 Å². The van der Waals surface area contributed by atoms with Crippen LogP contribution in [0.5, 0.6) is 5.75 Å². The van der Waals surface area contributed by atoms with E-state index >= 15 is 0 Å². The van der Waals surface area contributed by atoms with Crippen LogP contribution in [0.1, 0.15) is 11.5 Å². The van der Waals surface area contributed by atoms with Crippen molar-refractivity contribution in [3.8, 4) is 34.2 Å². The number of ether oxygens (including phenoxy) is 1. The van der Waals surface area contributed by atoms with Crippen molar-refractivity contribution in [2.45, 2.75) is 17.8 Å². The van der Waals surface area contributed by atoms with Gasteiger partial charge in [-0.2, -0.15) is 4.98 Å². The largest absolute Gasteiger partial charge is 0.497 e. The minimum atomic E-state index is 0.474. The zero-order chi connectivity index (χ0) is 22.6. The predicted octanol–water partition coefficient (Wildman–Crippen LogP) is 5.59. The first-order valence-corrected chi connectivity index (χ1v) is 11.4. The highest BCUT2D eigenvalue weighted by Gasteiger charge is 2.18. The third-order valence-corrected chi connectivity index (χ3v) is 6.01. The van der Waals surface area contributed by atoms with Crippen LogP contribution in [0.4, 0.5) is 0 Å². The van der Waals surface area contributed by atoms with Gasteiger partial charge in [0.15, 0.2) is 11.0 Å². The van der Waals surface area contributed by atoms with Gasteiger partial charge in [-0.25, -0.2) is 0 Å². The van der Waals surface area contributed by atoms with E-state index in [2.05, 4.69) is 20.3 Å². The molecule has 0 unspecified atom stereocenters. The lowest BCUT2D eigenvalue weighted by Crippen LogP contribution is -2.00. The molecule has 3 aromatic carbocycles. The van der Waals surface area contributed by atoms with Gasteiger partial charge in [-0.1, -0.05) is 77.1 Å². The molecular weight excluding hydrogens is 434 g/mol. The lowest BCUT2D eigenvalue weighted by Gasteiger charge is -2.10. The zero-order valence-electron chi connectivity index (χ0n) is 18.2. The highest BCUT2D eigenvalue weighted by molar-refractivity contribution is 7.98. The molecule has 0 amide bonds. The summed E-state index contributed by atoms with van der Waals surface area (Å²) in [7, 11) is 1.65. The highest BCUT2D eigenvalue weighted by atomic mass is 32.2. The summed E-state index contributed by atoms with van der Waals surface area (Å²) in [6.45, 7) is 2.05. The molecule has 2 aromatic heterocycles. The van der Waals surface area contributed by atoms with Gasteiger partial charge in [0, 0.05) is 16.8 Å². The number of hydrogen-bond acceptors (Lipinski definition) is 7. The minimum Gasteiger partial charge on any atom is -0.497 e. The van der Waals surface area contributed by atoms with E-state index in [1.165, 1.54) is 17.3 Å². The Morgan fingerprint density at radius 3 is 2.36 bits per heavy atom. The Morgan fingerprint density at radius 2 is 1.64 bits per heavy atom. The molecule has 164 valence electrons. The smallest absolute Gasteiger partial charge is 0.237 e. The summed E-state index contributed by atoms with van der Waals surface area (Å²) < 4.78 is 12.8. The summed E-state index contributed by atoms with van der Waals surface area (Å²) in [5.74, 6) is 3.13. The molecule has 0 saturated carbocycles. The molecule has 0 saturated heterocycles. The molecule has 5 rings (SSSR count). The Balaban J connectivity index is 1.43. The molecule has 0 aliphatic heterocycles. The van der Waals surface area contributed by atoms with Gasteiger partial charge >= 0.3 is 0 Å². The second-order valence-electron chi connectivity index (χ2n) is 7.37. The van der Waals surface area contributed by atoms with Crippen LogP contribution >= 0.6 is 11.8 Å².